The molecule has 1 amide bonds. The van der Waals surface area contributed by atoms with E-state index in [4.69, 9.17) is 16.6 Å². The molecule has 1 N–H and O–H groups in total. The zero-order valence-corrected chi connectivity index (χ0v) is 18.2. The summed E-state index contributed by atoms with van der Waals surface area (Å²) in [6.45, 7) is 1.22. The number of nitrogens with zero attached hydrogens (tertiary/aromatic N) is 2. The number of halogens is 1. The number of imidazole rings is 1. The Labute approximate surface area is 191 Å². The number of para-hydroxylation sites is 2. The number of nitrogens with one attached hydrogen (secondary N) is 1. The van der Waals surface area contributed by atoms with Gasteiger partial charge >= 0.3 is 0 Å². The highest BCUT2D eigenvalue weighted by Crippen LogP contribution is 2.23. The molecule has 0 saturated heterocycles. The van der Waals surface area contributed by atoms with Crippen LogP contribution in [0.25, 0.3) is 21.8 Å². The van der Waals surface area contributed by atoms with Crippen molar-refractivity contribution in [2.45, 2.75) is 13.0 Å². The van der Waals surface area contributed by atoms with Gasteiger partial charge in [0.15, 0.2) is 0 Å². The number of carbonyl (C=O) groups is 1. The first-order valence-corrected chi connectivity index (χ1v) is 11.0. The fourth-order valence-electron chi connectivity index (χ4n) is 4.08. The van der Waals surface area contributed by atoms with Gasteiger partial charge in [-0.05, 0) is 52.7 Å². The molecule has 1 aromatic heterocycles. The maximum absolute atomic E-state index is 12.5. The highest BCUT2D eigenvalue weighted by Gasteiger charge is 2.13. The molecule has 0 saturated carbocycles. The molecule has 0 bridgehead atoms. The average Bonchev–Trinajstić information content (AvgIpc) is 3.17. The Hall–Kier alpha value is -3.63. The minimum absolute atomic E-state index is 0.113. The minimum Gasteiger partial charge on any atom is -0.352 e. The number of aromatic nitrogens is 2. The lowest BCUT2D eigenvalue weighted by Gasteiger charge is -2.12. The third-order valence-corrected chi connectivity index (χ3v) is 5.93. The first-order valence-electron chi connectivity index (χ1n) is 10.6. The maximum atomic E-state index is 12.5. The van der Waals surface area contributed by atoms with Gasteiger partial charge in [-0.2, -0.15) is 0 Å². The third kappa shape index (κ3) is 4.10. The highest BCUT2D eigenvalue weighted by molar-refractivity contribution is 6.30. The molecule has 0 radical (unpaired) electrons. The Morgan fingerprint density at radius 1 is 0.875 bits per heavy atom. The van der Waals surface area contributed by atoms with E-state index in [0.29, 0.717) is 23.6 Å². The first-order chi connectivity index (χ1) is 15.7. The number of benzene rings is 4. The number of rotatable bonds is 6. The Bertz CT molecular complexity index is 1400. The van der Waals surface area contributed by atoms with E-state index in [9.17, 15) is 4.79 Å². The molecule has 1 heterocycles. The van der Waals surface area contributed by atoms with Crippen molar-refractivity contribution in [3.8, 4) is 0 Å². The molecule has 4 aromatic carbocycles. The van der Waals surface area contributed by atoms with E-state index < -0.39 is 0 Å². The quantitative estimate of drug-likeness (QED) is 0.360. The summed E-state index contributed by atoms with van der Waals surface area (Å²) in [6.07, 6.45) is 0.638. The van der Waals surface area contributed by atoms with Crippen molar-refractivity contribution in [2.24, 2.45) is 0 Å². The molecule has 0 fully saturated rings. The summed E-state index contributed by atoms with van der Waals surface area (Å²) in [4.78, 5) is 17.3. The second-order valence-corrected chi connectivity index (χ2v) is 8.19. The molecule has 0 aliphatic carbocycles. The van der Waals surface area contributed by atoms with Crippen LogP contribution in [0.5, 0.6) is 0 Å². The summed E-state index contributed by atoms with van der Waals surface area (Å²) in [7, 11) is 0. The summed E-state index contributed by atoms with van der Waals surface area (Å²) in [5.74, 6) is 0.842. The largest absolute Gasteiger partial charge is 0.352 e. The van der Waals surface area contributed by atoms with Crippen molar-refractivity contribution < 1.29 is 4.79 Å². The van der Waals surface area contributed by atoms with Crippen LogP contribution in [0.2, 0.25) is 5.02 Å². The Morgan fingerprint density at radius 2 is 1.62 bits per heavy atom. The van der Waals surface area contributed by atoms with Crippen LogP contribution in [-0.2, 0) is 13.0 Å². The normalized spacial score (nSPS) is 11.2. The van der Waals surface area contributed by atoms with E-state index in [1.807, 2.05) is 18.2 Å². The molecule has 4 nitrogen and oxygen atoms in total. The Balaban J connectivity index is 1.40. The summed E-state index contributed by atoms with van der Waals surface area (Å²) in [6, 6.07) is 29.9. The molecule has 5 aromatic rings. The molecule has 32 heavy (non-hydrogen) atoms. The van der Waals surface area contributed by atoms with Gasteiger partial charge in [0, 0.05) is 30.1 Å². The van der Waals surface area contributed by atoms with Crippen LogP contribution >= 0.6 is 11.6 Å². The van der Waals surface area contributed by atoms with Crippen LogP contribution in [0.15, 0.2) is 91.0 Å². The zero-order chi connectivity index (χ0) is 21.9. The molecular formula is C27H22ClN3O. The summed E-state index contributed by atoms with van der Waals surface area (Å²) >= 11 is 5.92. The molecule has 0 atom stereocenters. The van der Waals surface area contributed by atoms with Crippen LogP contribution in [0.1, 0.15) is 21.7 Å². The standard InChI is InChI=1S/C27H22ClN3O/c28-22-14-12-20(13-15-22)27(32)29-17-16-26-30-24-10-3-4-11-25(24)31(26)18-21-8-5-7-19-6-1-2-9-23(19)21/h1-15H,16-18H2,(H,29,32). The maximum Gasteiger partial charge on any atom is 0.251 e. The van der Waals surface area contributed by atoms with Crippen molar-refractivity contribution in [2.75, 3.05) is 6.54 Å². The van der Waals surface area contributed by atoms with Gasteiger partial charge in [-0.3, -0.25) is 4.79 Å². The molecule has 0 spiro atoms. The van der Waals surface area contributed by atoms with Gasteiger partial charge in [0.05, 0.1) is 11.0 Å². The van der Waals surface area contributed by atoms with Crippen molar-refractivity contribution >= 4 is 39.3 Å². The van der Waals surface area contributed by atoms with E-state index in [0.717, 1.165) is 23.4 Å². The molecule has 158 valence electrons. The predicted molar refractivity (Wildman–Crippen MR) is 130 cm³/mol. The van der Waals surface area contributed by atoms with Gasteiger partial charge in [-0.25, -0.2) is 4.98 Å². The smallest absolute Gasteiger partial charge is 0.251 e. The van der Waals surface area contributed by atoms with Crippen LogP contribution in [-0.4, -0.2) is 22.0 Å². The Morgan fingerprint density at radius 3 is 2.50 bits per heavy atom. The fraction of sp³-hybridized carbons (Fsp3) is 0.111. The van der Waals surface area contributed by atoms with Gasteiger partial charge in [0.1, 0.15) is 5.82 Å². The van der Waals surface area contributed by atoms with E-state index in [2.05, 4.69) is 58.4 Å². The van der Waals surface area contributed by atoms with Crippen LogP contribution in [0.3, 0.4) is 0 Å². The summed E-state index contributed by atoms with van der Waals surface area (Å²) < 4.78 is 2.26. The molecule has 5 rings (SSSR count). The highest BCUT2D eigenvalue weighted by atomic mass is 35.5. The van der Waals surface area contributed by atoms with Crippen molar-refractivity contribution in [1.82, 2.24) is 14.9 Å². The second kappa shape index (κ2) is 8.85. The van der Waals surface area contributed by atoms with Crippen LogP contribution < -0.4 is 5.32 Å². The van der Waals surface area contributed by atoms with E-state index in [-0.39, 0.29) is 5.91 Å². The monoisotopic (exact) mass is 439 g/mol. The molecule has 0 aliphatic rings. The predicted octanol–water partition coefficient (Wildman–Crippen LogP) is 5.86. The van der Waals surface area contributed by atoms with Gasteiger partial charge in [0.2, 0.25) is 0 Å². The summed E-state index contributed by atoms with van der Waals surface area (Å²) in [5, 5.41) is 6.08. The molecule has 0 unspecified atom stereocenters. The third-order valence-electron chi connectivity index (χ3n) is 5.68. The minimum atomic E-state index is -0.113. The van der Waals surface area contributed by atoms with E-state index in [1.54, 1.807) is 24.3 Å². The summed E-state index contributed by atoms with van der Waals surface area (Å²) in [5.41, 5.74) is 3.91. The second-order valence-electron chi connectivity index (χ2n) is 7.75. The number of hydrogen-bond donors (Lipinski definition) is 1. The zero-order valence-electron chi connectivity index (χ0n) is 17.5. The topological polar surface area (TPSA) is 46.9 Å². The van der Waals surface area contributed by atoms with Gasteiger partial charge < -0.3 is 9.88 Å². The lowest BCUT2D eigenvalue weighted by molar-refractivity contribution is 0.0954. The average molecular weight is 440 g/mol. The van der Waals surface area contributed by atoms with Crippen molar-refractivity contribution in [3.63, 3.8) is 0 Å². The van der Waals surface area contributed by atoms with Crippen molar-refractivity contribution in [3.05, 3.63) is 113 Å². The van der Waals surface area contributed by atoms with Gasteiger partial charge in [0.25, 0.3) is 5.91 Å². The van der Waals surface area contributed by atoms with Gasteiger partial charge in [-0.1, -0.05) is 66.2 Å². The number of amides is 1. The lowest BCUT2D eigenvalue weighted by Crippen LogP contribution is -2.26. The number of hydrogen-bond acceptors (Lipinski definition) is 2. The molecule has 5 heteroatoms. The van der Waals surface area contributed by atoms with Crippen molar-refractivity contribution in [1.29, 1.82) is 0 Å². The number of fused-ring (bicyclic) bond motifs is 2. The van der Waals surface area contributed by atoms with Crippen LogP contribution in [0, 0.1) is 0 Å². The number of carbonyl (C=O) groups excluding carboxylic acids is 1. The first kappa shape index (κ1) is 20.3. The molecular weight excluding hydrogens is 418 g/mol. The van der Waals surface area contributed by atoms with E-state index in [1.165, 1.54) is 16.3 Å². The lowest BCUT2D eigenvalue weighted by atomic mass is 10.0. The van der Waals surface area contributed by atoms with Crippen LogP contribution in [0.4, 0.5) is 0 Å². The SMILES string of the molecule is O=C(NCCc1nc2ccccc2n1Cc1cccc2ccccc12)c1ccc(Cl)cc1. The Kier molecular flexibility index (Phi) is 5.61. The molecule has 0 aliphatic heterocycles. The van der Waals surface area contributed by atoms with E-state index >= 15 is 0 Å². The fourth-order valence-corrected chi connectivity index (χ4v) is 4.21. The van der Waals surface area contributed by atoms with Gasteiger partial charge in [-0.15, -0.1) is 0 Å².